The fourth-order valence-electron chi connectivity index (χ4n) is 2.56. The summed E-state index contributed by atoms with van der Waals surface area (Å²) < 4.78 is 0. The molecular formula is C20H18N4O3. The van der Waals surface area contributed by atoms with Crippen LogP contribution in [0.4, 0.5) is 22.7 Å². The van der Waals surface area contributed by atoms with E-state index in [0.717, 1.165) is 0 Å². The number of hydrogen-bond acceptors (Lipinski definition) is 5. The van der Waals surface area contributed by atoms with Gasteiger partial charge in [-0.25, -0.2) is 0 Å². The van der Waals surface area contributed by atoms with E-state index >= 15 is 0 Å². The topological polar surface area (TPSA) is 109 Å². The van der Waals surface area contributed by atoms with E-state index in [1.165, 1.54) is 11.1 Å². The molecule has 2 amide bonds. The number of hydrogen-bond donors (Lipinski definition) is 3. The van der Waals surface area contributed by atoms with Crippen molar-refractivity contribution < 1.29 is 14.7 Å². The zero-order valence-electron chi connectivity index (χ0n) is 14.4. The van der Waals surface area contributed by atoms with Crippen LogP contribution in [0.5, 0.6) is 0 Å². The van der Waals surface area contributed by atoms with Gasteiger partial charge in [0.2, 0.25) is 0 Å². The standard InChI is InChI=1S/C20H18N4O3/c21-17-5-1-2-6-18(17)23-20(27)14-7-9-15(10-8-14)24(19(26)13-25)16-4-3-11-22-12-16/h1-12,25H,13,21H2,(H,23,27). The summed E-state index contributed by atoms with van der Waals surface area (Å²) in [6, 6.07) is 16.8. The van der Waals surface area contributed by atoms with Gasteiger partial charge in [-0.05, 0) is 48.5 Å². The van der Waals surface area contributed by atoms with Crippen LogP contribution in [-0.2, 0) is 4.79 Å². The Labute approximate surface area is 156 Å². The van der Waals surface area contributed by atoms with E-state index < -0.39 is 12.5 Å². The van der Waals surface area contributed by atoms with E-state index in [1.807, 2.05) is 0 Å². The lowest BCUT2D eigenvalue weighted by molar-refractivity contribution is -0.120. The predicted molar refractivity (Wildman–Crippen MR) is 104 cm³/mol. The fraction of sp³-hybridized carbons (Fsp3) is 0.0500. The molecule has 0 fully saturated rings. The Bertz CT molecular complexity index is 943. The van der Waals surface area contributed by atoms with E-state index in [4.69, 9.17) is 5.73 Å². The van der Waals surface area contributed by atoms with Gasteiger partial charge in [-0.15, -0.1) is 0 Å². The number of nitrogens with two attached hydrogens (primary N) is 1. The van der Waals surface area contributed by atoms with Crippen molar-refractivity contribution in [3.05, 3.63) is 78.6 Å². The number of nitrogens with zero attached hydrogens (tertiary/aromatic N) is 2. The number of carbonyl (C=O) groups excluding carboxylic acids is 2. The third kappa shape index (κ3) is 4.10. The van der Waals surface area contributed by atoms with Crippen molar-refractivity contribution in [2.24, 2.45) is 0 Å². The summed E-state index contributed by atoms with van der Waals surface area (Å²) in [7, 11) is 0. The van der Waals surface area contributed by atoms with Gasteiger partial charge in [0.25, 0.3) is 11.8 Å². The van der Waals surface area contributed by atoms with Crippen LogP contribution in [-0.4, -0.2) is 28.5 Å². The molecule has 0 saturated heterocycles. The summed E-state index contributed by atoms with van der Waals surface area (Å²) in [6.07, 6.45) is 3.11. The SMILES string of the molecule is Nc1ccccc1NC(=O)c1ccc(N(C(=O)CO)c2cccnc2)cc1. The van der Waals surface area contributed by atoms with Gasteiger partial charge in [0.1, 0.15) is 6.61 Å². The summed E-state index contributed by atoms with van der Waals surface area (Å²) >= 11 is 0. The minimum atomic E-state index is -0.648. The van der Waals surface area contributed by atoms with Crippen molar-refractivity contribution >= 4 is 34.6 Å². The van der Waals surface area contributed by atoms with Crippen LogP contribution in [0.25, 0.3) is 0 Å². The van der Waals surface area contributed by atoms with Crippen LogP contribution in [0.2, 0.25) is 0 Å². The second kappa shape index (κ2) is 8.11. The summed E-state index contributed by atoms with van der Waals surface area (Å²) in [5.41, 5.74) is 8.27. The highest BCUT2D eigenvalue weighted by molar-refractivity contribution is 6.06. The van der Waals surface area contributed by atoms with Gasteiger partial charge < -0.3 is 16.2 Å². The molecule has 3 aromatic rings. The molecule has 7 heteroatoms. The monoisotopic (exact) mass is 362 g/mol. The summed E-state index contributed by atoms with van der Waals surface area (Å²) in [6.45, 7) is -0.648. The first-order valence-corrected chi connectivity index (χ1v) is 8.20. The van der Waals surface area contributed by atoms with Gasteiger partial charge in [-0.2, -0.15) is 0 Å². The molecule has 0 aliphatic rings. The van der Waals surface area contributed by atoms with Gasteiger partial charge in [-0.1, -0.05) is 12.1 Å². The van der Waals surface area contributed by atoms with Gasteiger partial charge in [0.05, 0.1) is 23.3 Å². The first kappa shape index (κ1) is 18.1. The molecule has 0 bridgehead atoms. The molecule has 3 rings (SSSR count). The number of aliphatic hydroxyl groups is 1. The lowest BCUT2D eigenvalue weighted by Gasteiger charge is -2.22. The lowest BCUT2D eigenvalue weighted by atomic mass is 10.1. The Morgan fingerprint density at radius 3 is 2.37 bits per heavy atom. The quantitative estimate of drug-likeness (QED) is 0.605. The number of nitrogen functional groups attached to an aromatic ring is 1. The number of para-hydroxylation sites is 2. The molecule has 27 heavy (non-hydrogen) atoms. The van der Waals surface area contributed by atoms with Crippen molar-refractivity contribution in [3.8, 4) is 0 Å². The lowest BCUT2D eigenvalue weighted by Crippen LogP contribution is -2.28. The van der Waals surface area contributed by atoms with E-state index in [-0.39, 0.29) is 5.91 Å². The number of carbonyl (C=O) groups is 2. The Hall–Kier alpha value is -3.71. The average molecular weight is 362 g/mol. The second-order valence-electron chi connectivity index (χ2n) is 5.69. The van der Waals surface area contributed by atoms with E-state index in [2.05, 4.69) is 10.3 Å². The highest BCUT2D eigenvalue weighted by Gasteiger charge is 2.18. The van der Waals surface area contributed by atoms with E-state index in [9.17, 15) is 14.7 Å². The third-order valence-corrected chi connectivity index (χ3v) is 3.89. The van der Waals surface area contributed by atoms with Gasteiger partial charge in [0, 0.05) is 17.4 Å². The van der Waals surface area contributed by atoms with Gasteiger partial charge >= 0.3 is 0 Å². The average Bonchev–Trinajstić information content (AvgIpc) is 2.71. The zero-order chi connectivity index (χ0) is 19.2. The van der Waals surface area contributed by atoms with Crippen LogP contribution in [0.15, 0.2) is 73.1 Å². The first-order chi connectivity index (χ1) is 13.1. The minimum absolute atomic E-state index is 0.319. The molecule has 2 aromatic carbocycles. The minimum Gasteiger partial charge on any atom is -0.397 e. The van der Waals surface area contributed by atoms with Crippen LogP contribution in [0.1, 0.15) is 10.4 Å². The van der Waals surface area contributed by atoms with Gasteiger partial charge in [0.15, 0.2) is 0 Å². The molecule has 4 N–H and O–H groups in total. The maximum absolute atomic E-state index is 12.4. The molecule has 0 radical (unpaired) electrons. The number of nitrogens with one attached hydrogen (secondary N) is 1. The number of amides is 2. The van der Waals surface area contributed by atoms with Crippen molar-refractivity contribution in [1.29, 1.82) is 0 Å². The molecule has 0 spiro atoms. The highest BCUT2D eigenvalue weighted by Crippen LogP contribution is 2.25. The predicted octanol–water partition coefficient (Wildman–Crippen LogP) is 2.57. The molecule has 0 unspecified atom stereocenters. The zero-order valence-corrected chi connectivity index (χ0v) is 14.4. The number of aromatic nitrogens is 1. The summed E-state index contributed by atoms with van der Waals surface area (Å²) in [5.74, 6) is -0.821. The molecule has 0 aliphatic carbocycles. The maximum atomic E-state index is 12.4. The van der Waals surface area contributed by atoms with Crippen LogP contribution in [0.3, 0.4) is 0 Å². The van der Waals surface area contributed by atoms with Crippen LogP contribution in [0, 0.1) is 0 Å². The molecule has 0 saturated carbocycles. The first-order valence-electron chi connectivity index (χ1n) is 8.20. The van der Waals surface area contributed by atoms with Crippen molar-refractivity contribution in [1.82, 2.24) is 4.98 Å². The Morgan fingerprint density at radius 1 is 1.00 bits per heavy atom. The van der Waals surface area contributed by atoms with Crippen LogP contribution >= 0.6 is 0 Å². The molecular weight excluding hydrogens is 344 g/mol. The second-order valence-corrected chi connectivity index (χ2v) is 5.69. The number of anilines is 4. The Morgan fingerprint density at radius 2 is 1.74 bits per heavy atom. The van der Waals surface area contributed by atoms with Crippen molar-refractivity contribution in [2.45, 2.75) is 0 Å². The molecule has 7 nitrogen and oxygen atoms in total. The third-order valence-electron chi connectivity index (χ3n) is 3.89. The molecule has 1 aromatic heterocycles. The van der Waals surface area contributed by atoms with Gasteiger partial charge in [-0.3, -0.25) is 19.5 Å². The van der Waals surface area contributed by atoms with Crippen molar-refractivity contribution in [3.63, 3.8) is 0 Å². The fourth-order valence-corrected chi connectivity index (χ4v) is 2.56. The number of pyridine rings is 1. The largest absolute Gasteiger partial charge is 0.397 e. The smallest absolute Gasteiger partial charge is 0.257 e. The molecule has 0 atom stereocenters. The maximum Gasteiger partial charge on any atom is 0.257 e. The van der Waals surface area contributed by atoms with Crippen molar-refractivity contribution in [2.75, 3.05) is 22.6 Å². The number of rotatable bonds is 5. The molecule has 1 heterocycles. The van der Waals surface area contributed by atoms with Crippen LogP contribution < -0.4 is 16.0 Å². The number of benzene rings is 2. The Kier molecular flexibility index (Phi) is 5.44. The van der Waals surface area contributed by atoms with E-state index in [1.54, 1.807) is 66.9 Å². The summed E-state index contributed by atoms with van der Waals surface area (Å²) in [4.78, 5) is 29.9. The highest BCUT2D eigenvalue weighted by atomic mass is 16.3. The molecule has 136 valence electrons. The Balaban J connectivity index is 1.84. The van der Waals surface area contributed by atoms with E-state index in [0.29, 0.717) is 28.3 Å². The summed E-state index contributed by atoms with van der Waals surface area (Å²) in [5, 5.41) is 12.0. The molecule has 0 aliphatic heterocycles. The normalized spacial score (nSPS) is 10.3. The number of aliphatic hydroxyl groups excluding tert-OH is 1.